The third-order valence-corrected chi connectivity index (χ3v) is 7.83. The zero-order valence-corrected chi connectivity index (χ0v) is 20.2. The van der Waals surface area contributed by atoms with E-state index in [1.54, 1.807) is 54.6 Å². The molecule has 0 unspecified atom stereocenters. The van der Waals surface area contributed by atoms with E-state index in [9.17, 15) is 18.0 Å². The van der Waals surface area contributed by atoms with E-state index in [4.69, 9.17) is 0 Å². The minimum atomic E-state index is -3.76. The molecule has 7 nitrogen and oxygen atoms in total. The van der Waals surface area contributed by atoms with Crippen LogP contribution in [-0.2, 0) is 26.0 Å². The van der Waals surface area contributed by atoms with Crippen molar-refractivity contribution in [2.75, 3.05) is 21.5 Å². The molecule has 0 spiro atoms. The van der Waals surface area contributed by atoms with Gasteiger partial charge in [0.2, 0.25) is 0 Å². The van der Waals surface area contributed by atoms with Gasteiger partial charge in [-0.3, -0.25) is 13.9 Å². The van der Waals surface area contributed by atoms with E-state index >= 15 is 0 Å². The number of carbonyl (C=O) groups excluding carboxylic acids is 2. The average molecular weight is 478 g/mol. The second kappa shape index (κ2) is 9.30. The van der Waals surface area contributed by atoms with Crippen molar-refractivity contribution in [3.63, 3.8) is 0 Å². The van der Waals surface area contributed by atoms with Crippen molar-refractivity contribution in [3.8, 4) is 0 Å². The number of carbonyl (C=O) groups is 2. The molecule has 3 aromatic rings. The Morgan fingerprint density at radius 2 is 1.41 bits per heavy atom. The number of amides is 2. The number of nitrogens with zero attached hydrogens (tertiary/aromatic N) is 1. The van der Waals surface area contributed by atoms with Crippen LogP contribution in [-0.4, -0.2) is 26.8 Å². The summed E-state index contributed by atoms with van der Waals surface area (Å²) < 4.78 is 28.0. The van der Waals surface area contributed by atoms with Gasteiger partial charge in [0.1, 0.15) is 0 Å². The summed E-state index contributed by atoms with van der Waals surface area (Å²) in [6.07, 6.45) is 1.43. The highest BCUT2D eigenvalue weighted by Gasteiger charge is 2.29. The van der Waals surface area contributed by atoms with Crippen molar-refractivity contribution in [2.45, 2.75) is 38.5 Å². The molecule has 1 aliphatic rings. The fourth-order valence-corrected chi connectivity index (χ4v) is 5.43. The summed E-state index contributed by atoms with van der Waals surface area (Å²) in [5.41, 5.74) is 5.33. The topological polar surface area (TPSA) is 95.6 Å². The van der Waals surface area contributed by atoms with Gasteiger partial charge in [-0.05, 0) is 86.7 Å². The normalized spacial score (nSPS) is 13.2. The van der Waals surface area contributed by atoms with Gasteiger partial charge < -0.3 is 10.6 Å². The Balaban J connectivity index is 1.55. The SMILES string of the molecule is Cc1ccc(S(=O)(=O)N2CCCc3ccc(NC(=O)C(=O)Nc4ccc(C)c(C)c4)cc32)cc1. The van der Waals surface area contributed by atoms with Crippen LogP contribution in [0.5, 0.6) is 0 Å². The molecular formula is C26H27N3O4S. The first-order valence-corrected chi connectivity index (χ1v) is 12.5. The Morgan fingerprint density at radius 3 is 2.06 bits per heavy atom. The number of aryl methyl sites for hydroxylation is 4. The smallest absolute Gasteiger partial charge is 0.314 e. The van der Waals surface area contributed by atoms with Gasteiger partial charge in [0, 0.05) is 17.9 Å². The number of hydrogen-bond donors (Lipinski definition) is 2. The molecule has 0 radical (unpaired) electrons. The number of hydrogen-bond acceptors (Lipinski definition) is 4. The van der Waals surface area contributed by atoms with Crippen molar-refractivity contribution >= 4 is 38.9 Å². The van der Waals surface area contributed by atoms with Gasteiger partial charge in [-0.2, -0.15) is 0 Å². The Kier molecular flexibility index (Phi) is 6.43. The maximum absolute atomic E-state index is 13.3. The van der Waals surface area contributed by atoms with Crippen LogP contribution in [0, 0.1) is 20.8 Å². The highest BCUT2D eigenvalue weighted by molar-refractivity contribution is 7.92. The second-order valence-corrected chi connectivity index (χ2v) is 10.4. The lowest BCUT2D eigenvalue weighted by atomic mass is 10.0. The zero-order valence-electron chi connectivity index (χ0n) is 19.4. The van der Waals surface area contributed by atoms with Crippen LogP contribution >= 0.6 is 0 Å². The third kappa shape index (κ3) is 4.82. The number of benzene rings is 3. The summed E-state index contributed by atoms with van der Waals surface area (Å²) in [5.74, 6) is -1.63. The first-order chi connectivity index (χ1) is 16.1. The fraction of sp³-hybridized carbons (Fsp3) is 0.231. The van der Waals surface area contributed by atoms with E-state index in [0.717, 1.165) is 28.7 Å². The zero-order chi connectivity index (χ0) is 24.5. The largest absolute Gasteiger partial charge is 0.318 e. The number of anilines is 3. The minimum absolute atomic E-state index is 0.216. The first-order valence-electron chi connectivity index (χ1n) is 11.1. The van der Waals surface area contributed by atoms with Crippen molar-refractivity contribution in [1.29, 1.82) is 0 Å². The van der Waals surface area contributed by atoms with Crippen LogP contribution in [0.25, 0.3) is 0 Å². The van der Waals surface area contributed by atoms with E-state index in [-0.39, 0.29) is 4.90 Å². The van der Waals surface area contributed by atoms with Gasteiger partial charge in [0.05, 0.1) is 10.6 Å². The molecule has 0 fully saturated rings. The molecule has 176 valence electrons. The summed E-state index contributed by atoms with van der Waals surface area (Å²) in [6.45, 7) is 6.13. The molecule has 0 aromatic heterocycles. The number of sulfonamides is 1. The Labute approximate surface area is 199 Å². The van der Waals surface area contributed by atoms with E-state index in [2.05, 4.69) is 10.6 Å². The molecule has 2 amide bonds. The molecule has 1 heterocycles. The molecule has 2 N–H and O–H groups in total. The first kappa shape index (κ1) is 23.5. The Hall–Kier alpha value is -3.65. The quantitative estimate of drug-likeness (QED) is 0.547. The summed E-state index contributed by atoms with van der Waals surface area (Å²) in [4.78, 5) is 25.1. The average Bonchev–Trinajstić information content (AvgIpc) is 2.81. The lowest BCUT2D eigenvalue weighted by molar-refractivity contribution is -0.132. The van der Waals surface area contributed by atoms with E-state index in [0.29, 0.717) is 30.0 Å². The second-order valence-electron chi connectivity index (χ2n) is 8.54. The molecule has 34 heavy (non-hydrogen) atoms. The molecule has 3 aromatic carbocycles. The highest BCUT2D eigenvalue weighted by Crippen LogP contribution is 2.34. The lowest BCUT2D eigenvalue weighted by Gasteiger charge is -2.31. The molecule has 4 rings (SSSR count). The van der Waals surface area contributed by atoms with Crippen LogP contribution in [0.15, 0.2) is 65.6 Å². The molecule has 0 atom stereocenters. The van der Waals surface area contributed by atoms with Crippen LogP contribution < -0.4 is 14.9 Å². The molecular weight excluding hydrogens is 450 g/mol. The van der Waals surface area contributed by atoms with Gasteiger partial charge in [0.15, 0.2) is 0 Å². The van der Waals surface area contributed by atoms with Crippen molar-refractivity contribution < 1.29 is 18.0 Å². The van der Waals surface area contributed by atoms with Gasteiger partial charge in [-0.1, -0.05) is 29.8 Å². The molecule has 1 aliphatic heterocycles. The third-order valence-electron chi connectivity index (χ3n) is 6.00. The summed E-state index contributed by atoms with van der Waals surface area (Å²) in [6, 6.07) is 17.2. The molecule has 0 saturated heterocycles. The number of fused-ring (bicyclic) bond motifs is 1. The van der Waals surface area contributed by atoms with E-state index in [1.807, 2.05) is 26.8 Å². The predicted octanol–water partition coefficient (Wildman–Crippen LogP) is 4.33. The van der Waals surface area contributed by atoms with Gasteiger partial charge in [-0.25, -0.2) is 8.42 Å². The van der Waals surface area contributed by atoms with Crippen molar-refractivity contribution in [1.82, 2.24) is 0 Å². The monoisotopic (exact) mass is 477 g/mol. The minimum Gasteiger partial charge on any atom is -0.318 e. The van der Waals surface area contributed by atoms with Crippen LogP contribution in [0.4, 0.5) is 17.1 Å². The van der Waals surface area contributed by atoms with Crippen molar-refractivity contribution in [2.24, 2.45) is 0 Å². The number of rotatable bonds is 4. The maximum atomic E-state index is 13.3. The standard InChI is InChI=1S/C26H27N3O4S/c1-17-6-12-23(13-7-17)34(32,33)29-14-4-5-20-9-11-22(16-24(20)29)28-26(31)25(30)27-21-10-8-18(2)19(3)15-21/h6-13,15-16H,4-5,14H2,1-3H3,(H,27,30)(H,28,31). The maximum Gasteiger partial charge on any atom is 0.314 e. The van der Waals surface area contributed by atoms with E-state index < -0.39 is 21.8 Å². The van der Waals surface area contributed by atoms with Gasteiger partial charge in [-0.15, -0.1) is 0 Å². The fourth-order valence-electron chi connectivity index (χ4n) is 3.90. The van der Waals surface area contributed by atoms with Crippen LogP contribution in [0.3, 0.4) is 0 Å². The van der Waals surface area contributed by atoms with Crippen molar-refractivity contribution in [3.05, 3.63) is 82.9 Å². The van der Waals surface area contributed by atoms with E-state index in [1.165, 1.54) is 4.31 Å². The highest BCUT2D eigenvalue weighted by atomic mass is 32.2. The summed E-state index contributed by atoms with van der Waals surface area (Å²) >= 11 is 0. The summed E-state index contributed by atoms with van der Waals surface area (Å²) in [7, 11) is -3.76. The number of nitrogens with one attached hydrogen (secondary N) is 2. The Bertz CT molecular complexity index is 1370. The predicted molar refractivity (Wildman–Crippen MR) is 134 cm³/mol. The summed E-state index contributed by atoms with van der Waals surface area (Å²) in [5, 5.41) is 5.18. The van der Waals surface area contributed by atoms with Gasteiger partial charge >= 0.3 is 11.8 Å². The van der Waals surface area contributed by atoms with Crippen LogP contribution in [0.1, 0.15) is 28.7 Å². The molecule has 8 heteroatoms. The molecule has 0 saturated carbocycles. The Morgan fingerprint density at radius 1 is 0.794 bits per heavy atom. The molecule has 0 aliphatic carbocycles. The van der Waals surface area contributed by atoms with Crippen LogP contribution in [0.2, 0.25) is 0 Å². The lowest BCUT2D eigenvalue weighted by Crippen LogP contribution is -2.35. The van der Waals surface area contributed by atoms with Gasteiger partial charge in [0.25, 0.3) is 10.0 Å². The molecule has 0 bridgehead atoms.